The molecule has 1 aromatic rings. The molecule has 16 heavy (non-hydrogen) atoms. The molecule has 0 saturated heterocycles. The summed E-state index contributed by atoms with van der Waals surface area (Å²) in [5.74, 6) is 0. The highest BCUT2D eigenvalue weighted by molar-refractivity contribution is 5.49. The van der Waals surface area contributed by atoms with E-state index in [4.69, 9.17) is 0 Å². The van der Waals surface area contributed by atoms with Gasteiger partial charge in [-0.2, -0.15) is 13.2 Å². The Kier molecular flexibility index (Phi) is 4.04. The van der Waals surface area contributed by atoms with Crippen LogP contribution in [0, 0.1) is 4.91 Å². The van der Waals surface area contributed by atoms with Crippen LogP contribution in [0.3, 0.4) is 0 Å². The molecule has 0 aliphatic heterocycles. The summed E-state index contributed by atoms with van der Waals surface area (Å²) in [4.78, 5) is 13.4. The topological polar surface area (TPSA) is 38.7 Å². The lowest BCUT2D eigenvalue weighted by atomic mass is 10.2. The summed E-state index contributed by atoms with van der Waals surface area (Å²) in [6, 6.07) is 8.35. The molecule has 0 aromatic heterocycles. The minimum atomic E-state index is -4.65. The van der Waals surface area contributed by atoms with Crippen LogP contribution in [0.5, 0.6) is 0 Å². The molecule has 0 aliphatic carbocycles. The minimum Gasteiger partial charge on any atom is -0.347 e. The molecule has 1 rings (SSSR count). The van der Waals surface area contributed by atoms with E-state index in [2.05, 4.69) is 4.84 Å². The number of rotatable bonds is 4. The van der Waals surface area contributed by atoms with E-state index in [1.54, 1.807) is 35.7 Å². The molecule has 86 valence electrons. The maximum absolute atomic E-state index is 12.2. The summed E-state index contributed by atoms with van der Waals surface area (Å²) in [5, 5.41) is 1.79. The van der Waals surface area contributed by atoms with Gasteiger partial charge < -0.3 is 4.84 Å². The van der Waals surface area contributed by atoms with Crippen molar-refractivity contribution in [2.24, 2.45) is 5.34 Å². The molecule has 0 heterocycles. The Morgan fingerprint density at radius 2 is 1.88 bits per heavy atom. The van der Waals surface area contributed by atoms with Gasteiger partial charge in [0.2, 0.25) is 6.10 Å². The molecule has 6 heteroatoms. The van der Waals surface area contributed by atoms with E-state index in [0.29, 0.717) is 5.56 Å². The van der Waals surface area contributed by atoms with Crippen molar-refractivity contribution >= 4 is 6.08 Å². The fraction of sp³-hybridized carbons (Fsp3) is 0.200. The summed E-state index contributed by atoms with van der Waals surface area (Å²) in [6.07, 6.45) is -5.02. The third-order valence-electron chi connectivity index (χ3n) is 1.74. The van der Waals surface area contributed by atoms with E-state index in [-0.39, 0.29) is 0 Å². The lowest BCUT2D eigenvalue weighted by molar-refractivity contribution is -0.204. The van der Waals surface area contributed by atoms with E-state index in [1.165, 1.54) is 6.08 Å². The van der Waals surface area contributed by atoms with E-state index >= 15 is 0 Å². The van der Waals surface area contributed by atoms with Crippen molar-refractivity contribution in [2.75, 3.05) is 0 Å². The molecular weight excluding hydrogens is 223 g/mol. The molecule has 1 aromatic carbocycles. The highest BCUT2D eigenvalue weighted by Gasteiger charge is 2.40. The lowest BCUT2D eigenvalue weighted by Crippen LogP contribution is -2.27. The molecule has 0 bridgehead atoms. The van der Waals surface area contributed by atoms with Crippen molar-refractivity contribution in [3.05, 3.63) is 46.9 Å². The van der Waals surface area contributed by atoms with Gasteiger partial charge in [-0.05, 0) is 11.6 Å². The number of hydrogen-bond donors (Lipinski definition) is 0. The maximum Gasteiger partial charge on any atom is 0.431 e. The monoisotopic (exact) mass is 231 g/mol. The standard InChI is InChI=1S/C10H8F3NO2/c11-10(12,13)9(16-14-15)7-6-8-4-2-1-3-5-8/h1-7,9H/b7-6+. The van der Waals surface area contributed by atoms with Gasteiger partial charge in [0.15, 0.2) is 5.34 Å². The smallest absolute Gasteiger partial charge is 0.347 e. The van der Waals surface area contributed by atoms with Crippen LogP contribution in [0.4, 0.5) is 13.2 Å². The zero-order valence-electron chi connectivity index (χ0n) is 8.02. The van der Waals surface area contributed by atoms with Gasteiger partial charge in [-0.25, -0.2) is 0 Å². The summed E-state index contributed by atoms with van der Waals surface area (Å²) < 4.78 is 36.7. The second-order valence-corrected chi connectivity index (χ2v) is 2.91. The Labute approximate surface area is 89.5 Å². The number of hydrogen-bond acceptors (Lipinski definition) is 3. The quantitative estimate of drug-likeness (QED) is 0.588. The first-order valence-electron chi connectivity index (χ1n) is 4.32. The van der Waals surface area contributed by atoms with Crippen LogP contribution in [0.15, 0.2) is 41.7 Å². The van der Waals surface area contributed by atoms with Crippen molar-refractivity contribution in [1.82, 2.24) is 0 Å². The van der Waals surface area contributed by atoms with Gasteiger partial charge >= 0.3 is 6.18 Å². The van der Waals surface area contributed by atoms with Crippen LogP contribution in [0.25, 0.3) is 6.08 Å². The predicted molar refractivity (Wildman–Crippen MR) is 52.2 cm³/mol. The molecule has 3 nitrogen and oxygen atoms in total. The Balaban J connectivity index is 2.76. The first-order chi connectivity index (χ1) is 7.54. The normalized spacial score (nSPS) is 13.7. The first-order valence-corrected chi connectivity index (χ1v) is 4.32. The molecule has 0 N–H and O–H groups in total. The van der Waals surface area contributed by atoms with Gasteiger partial charge in [-0.1, -0.05) is 36.4 Å². The van der Waals surface area contributed by atoms with E-state index < -0.39 is 12.3 Å². The van der Waals surface area contributed by atoms with Crippen molar-refractivity contribution < 1.29 is 18.0 Å². The van der Waals surface area contributed by atoms with Crippen LogP contribution >= 0.6 is 0 Å². The van der Waals surface area contributed by atoms with Gasteiger partial charge in [0.1, 0.15) is 0 Å². The first kappa shape index (κ1) is 12.2. The van der Waals surface area contributed by atoms with Crippen LogP contribution in [0.1, 0.15) is 5.56 Å². The second-order valence-electron chi connectivity index (χ2n) is 2.91. The van der Waals surface area contributed by atoms with Crippen molar-refractivity contribution in [1.29, 1.82) is 0 Å². The van der Waals surface area contributed by atoms with Crippen LogP contribution in [-0.4, -0.2) is 12.3 Å². The van der Waals surface area contributed by atoms with Crippen LogP contribution in [-0.2, 0) is 4.84 Å². The third kappa shape index (κ3) is 3.72. The Bertz CT molecular complexity index is 362. The van der Waals surface area contributed by atoms with Gasteiger partial charge in [0, 0.05) is 0 Å². The molecule has 1 atom stereocenters. The van der Waals surface area contributed by atoms with Crippen molar-refractivity contribution in [3.63, 3.8) is 0 Å². The van der Waals surface area contributed by atoms with Gasteiger partial charge in [0.25, 0.3) is 0 Å². The number of nitrogens with zero attached hydrogens (tertiary/aromatic N) is 1. The van der Waals surface area contributed by atoms with Gasteiger partial charge in [-0.3, -0.25) is 0 Å². The molecule has 1 unspecified atom stereocenters. The number of alkyl halides is 3. The SMILES string of the molecule is O=NOC(/C=C/c1ccccc1)C(F)(F)F. The zero-order chi connectivity index (χ0) is 12.0. The average molecular weight is 231 g/mol. The third-order valence-corrected chi connectivity index (χ3v) is 1.74. The fourth-order valence-electron chi connectivity index (χ4n) is 1.01. The Morgan fingerprint density at radius 1 is 1.25 bits per heavy atom. The summed E-state index contributed by atoms with van der Waals surface area (Å²) in [6.45, 7) is 0. The molecule has 0 saturated carbocycles. The highest BCUT2D eigenvalue weighted by Crippen LogP contribution is 2.24. The summed E-state index contributed by atoms with van der Waals surface area (Å²) >= 11 is 0. The molecule has 0 aliphatic rings. The van der Waals surface area contributed by atoms with E-state index in [9.17, 15) is 18.1 Å². The van der Waals surface area contributed by atoms with Gasteiger partial charge in [0.05, 0.1) is 0 Å². The van der Waals surface area contributed by atoms with Gasteiger partial charge in [-0.15, -0.1) is 4.91 Å². The number of benzene rings is 1. The highest BCUT2D eigenvalue weighted by atomic mass is 19.4. The zero-order valence-corrected chi connectivity index (χ0v) is 8.02. The maximum atomic E-state index is 12.2. The van der Waals surface area contributed by atoms with E-state index in [0.717, 1.165) is 6.08 Å². The van der Waals surface area contributed by atoms with Crippen molar-refractivity contribution in [3.8, 4) is 0 Å². The fourth-order valence-corrected chi connectivity index (χ4v) is 1.01. The molecular formula is C10H8F3NO2. The predicted octanol–water partition coefficient (Wildman–Crippen LogP) is 3.33. The lowest BCUT2D eigenvalue weighted by Gasteiger charge is -2.12. The molecule has 0 spiro atoms. The van der Waals surface area contributed by atoms with Crippen LogP contribution < -0.4 is 0 Å². The Morgan fingerprint density at radius 3 is 2.38 bits per heavy atom. The average Bonchev–Trinajstić information content (AvgIpc) is 2.24. The summed E-state index contributed by atoms with van der Waals surface area (Å²) in [7, 11) is 0. The molecule has 0 radical (unpaired) electrons. The minimum absolute atomic E-state index is 0.575. The largest absolute Gasteiger partial charge is 0.431 e. The van der Waals surface area contributed by atoms with E-state index in [1.807, 2.05) is 0 Å². The summed E-state index contributed by atoms with van der Waals surface area (Å²) in [5.41, 5.74) is 0.575. The molecule has 0 fully saturated rings. The number of halogens is 3. The Hall–Kier alpha value is -1.85. The van der Waals surface area contributed by atoms with Crippen molar-refractivity contribution in [2.45, 2.75) is 12.3 Å². The molecule has 0 amide bonds. The second kappa shape index (κ2) is 5.29. The van der Waals surface area contributed by atoms with Crippen LogP contribution in [0.2, 0.25) is 0 Å².